The quantitative estimate of drug-likeness (QED) is 0.746. The monoisotopic (exact) mass is 272 g/mol. The Hall–Kier alpha value is -1.86. The number of methoxy groups -OCH3 is 2. The third kappa shape index (κ3) is 4.08. The molecular weight excluding hydrogens is 255 g/mol. The first-order valence-corrected chi connectivity index (χ1v) is 5.52. The van der Waals surface area contributed by atoms with Crippen LogP contribution in [0.5, 0.6) is 11.5 Å². The van der Waals surface area contributed by atoms with Crippen molar-refractivity contribution in [1.29, 1.82) is 0 Å². The first-order chi connectivity index (χ1) is 8.99. The number of hydrogen-bond acceptors (Lipinski definition) is 5. The number of halogens is 1. The highest BCUT2D eigenvalue weighted by Crippen LogP contribution is 2.31. The lowest BCUT2D eigenvalue weighted by Gasteiger charge is -2.16. The van der Waals surface area contributed by atoms with Gasteiger partial charge in [0.1, 0.15) is 12.4 Å². The maximum Gasteiger partial charge on any atom is 0.243 e. The highest BCUT2D eigenvalue weighted by molar-refractivity contribution is 5.74. The van der Waals surface area contributed by atoms with Crippen LogP contribution in [0.4, 0.5) is 4.39 Å². The Morgan fingerprint density at radius 1 is 1.32 bits per heavy atom. The molecule has 6 nitrogen and oxygen atoms in total. The molecule has 106 valence electrons. The fraction of sp³-hybridized carbons (Fsp3) is 0.417. The van der Waals surface area contributed by atoms with E-state index in [0.717, 1.165) is 0 Å². The van der Waals surface area contributed by atoms with Crippen LogP contribution in [0.2, 0.25) is 0 Å². The second kappa shape index (κ2) is 6.91. The normalized spacial score (nSPS) is 12.0. The van der Waals surface area contributed by atoms with E-state index < -0.39 is 17.8 Å². The molecule has 1 unspecified atom stereocenters. The number of rotatable bonds is 7. The summed E-state index contributed by atoms with van der Waals surface area (Å²) in [4.78, 5) is 10.5. The van der Waals surface area contributed by atoms with Gasteiger partial charge in [-0.3, -0.25) is 4.79 Å². The predicted molar refractivity (Wildman–Crippen MR) is 66.4 cm³/mol. The van der Waals surface area contributed by atoms with Crippen LogP contribution in [0.15, 0.2) is 12.1 Å². The molecule has 0 saturated carbocycles. The molecule has 1 aromatic carbocycles. The van der Waals surface area contributed by atoms with E-state index in [-0.39, 0.29) is 24.5 Å². The molecule has 0 saturated heterocycles. The Bertz CT molecular complexity index is 454. The van der Waals surface area contributed by atoms with Gasteiger partial charge in [-0.2, -0.15) is 0 Å². The zero-order valence-corrected chi connectivity index (χ0v) is 10.8. The molecule has 1 aromatic rings. The molecule has 0 aliphatic heterocycles. The van der Waals surface area contributed by atoms with Gasteiger partial charge in [0.25, 0.3) is 0 Å². The smallest absolute Gasteiger partial charge is 0.243 e. The standard InChI is InChI=1S/C12H17FN2O4/c1-17-10-3-7(8(13)4-11(10)18-2)9(14)5-19-6-12(15)16/h3-4,9H,5-6,14H2,1-2H3,(H2,15,16). The third-order valence-corrected chi connectivity index (χ3v) is 2.44. The van der Waals surface area contributed by atoms with Gasteiger partial charge in [0.05, 0.1) is 26.9 Å². The number of benzene rings is 1. The number of ether oxygens (including phenoxy) is 3. The summed E-state index contributed by atoms with van der Waals surface area (Å²) >= 11 is 0. The van der Waals surface area contributed by atoms with Crippen LogP contribution < -0.4 is 20.9 Å². The van der Waals surface area contributed by atoms with Crippen LogP contribution >= 0.6 is 0 Å². The van der Waals surface area contributed by atoms with Crippen LogP contribution in [-0.4, -0.2) is 33.3 Å². The van der Waals surface area contributed by atoms with Gasteiger partial charge in [-0.05, 0) is 6.07 Å². The van der Waals surface area contributed by atoms with E-state index in [1.54, 1.807) is 0 Å². The average molecular weight is 272 g/mol. The van der Waals surface area contributed by atoms with Gasteiger partial charge in [0.2, 0.25) is 5.91 Å². The van der Waals surface area contributed by atoms with Gasteiger partial charge in [0, 0.05) is 11.6 Å². The number of nitrogens with two attached hydrogens (primary N) is 2. The van der Waals surface area contributed by atoms with Crippen LogP contribution in [0.25, 0.3) is 0 Å². The SMILES string of the molecule is COc1cc(F)c(C(N)COCC(N)=O)cc1OC. The van der Waals surface area contributed by atoms with E-state index in [2.05, 4.69) is 0 Å². The molecule has 0 spiro atoms. The van der Waals surface area contributed by atoms with Gasteiger partial charge in [-0.15, -0.1) is 0 Å². The van der Waals surface area contributed by atoms with Crippen molar-refractivity contribution in [2.24, 2.45) is 11.5 Å². The highest BCUT2D eigenvalue weighted by Gasteiger charge is 2.17. The Balaban J connectivity index is 2.84. The number of carbonyl (C=O) groups is 1. The zero-order valence-electron chi connectivity index (χ0n) is 10.8. The van der Waals surface area contributed by atoms with Crippen LogP contribution in [-0.2, 0) is 9.53 Å². The van der Waals surface area contributed by atoms with Crippen LogP contribution in [0, 0.1) is 5.82 Å². The van der Waals surface area contributed by atoms with E-state index in [0.29, 0.717) is 5.75 Å². The molecule has 0 aliphatic carbocycles. The molecule has 19 heavy (non-hydrogen) atoms. The summed E-state index contributed by atoms with van der Waals surface area (Å²) in [5.41, 5.74) is 10.9. The molecule has 0 heterocycles. The van der Waals surface area contributed by atoms with Crippen molar-refractivity contribution in [2.75, 3.05) is 27.4 Å². The van der Waals surface area contributed by atoms with E-state index in [1.807, 2.05) is 0 Å². The van der Waals surface area contributed by atoms with Crippen molar-refractivity contribution >= 4 is 5.91 Å². The lowest BCUT2D eigenvalue weighted by Crippen LogP contribution is -2.24. The summed E-state index contributed by atoms with van der Waals surface area (Å²) in [6, 6.07) is 1.88. The van der Waals surface area contributed by atoms with Gasteiger partial charge in [-0.1, -0.05) is 0 Å². The highest BCUT2D eigenvalue weighted by atomic mass is 19.1. The fourth-order valence-corrected chi connectivity index (χ4v) is 1.53. The molecule has 0 radical (unpaired) electrons. The lowest BCUT2D eigenvalue weighted by atomic mass is 10.1. The topological polar surface area (TPSA) is 96.8 Å². The molecule has 1 amide bonds. The lowest BCUT2D eigenvalue weighted by molar-refractivity contribution is -0.122. The summed E-state index contributed by atoms with van der Waals surface area (Å²) in [5.74, 6) is -0.508. The van der Waals surface area contributed by atoms with Crippen LogP contribution in [0.1, 0.15) is 11.6 Å². The first kappa shape index (κ1) is 15.2. The second-order valence-electron chi connectivity index (χ2n) is 3.82. The van der Waals surface area contributed by atoms with E-state index >= 15 is 0 Å². The van der Waals surface area contributed by atoms with Gasteiger partial charge >= 0.3 is 0 Å². The maximum atomic E-state index is 13.8. The summed E-state index contributed by atoms with van der Waals surface area (Å²) in [7, 11) is 2.85. The van der Waals surface area contributed by atoms with Gasteiger partial charge < -0.3 is 25.7 Å². The van der Waals surface area contributed by atoms with Crippen molar-refractivity contribution in [3.8, 4) is 11.5 Å². The summed E-state index contributed by atoms with van der Waals surface area (Å²) in [6.45, 7) is -0.294. The molecule has 0 aliphatic rings. The van der Waals surface area contributed by atoms with Crippen molar-refractivity contribution < 1.29 is 23.4 Å². The summed E-state index contributed by atoms with van der Waals surface area (Å²) in [6.07, 6.45) is 0. The van der Waals surface area contributed by atoms with Crippen molar-refractivity contribution in [3.05, 3.63) is 23.5 Å². The number of carbonyl (C=O) groups excluding carboxylic acids is 1. The summed E-state index contributed by atoms with van der Waals surface area (Å²) in [5, 5.41) is 0. The van der Waals surface area contributed by atoms with Gasteiger partial charge in [-0.25, -0.2) is 4.39 Å². The van der Waals surface area contributed by atoms with Gasteiger partial charge in [0.15, 0.2) is 11.5 Å². The number of primary amides is 1. The minimum Gasteiger partial charge on any atom is -0.493 e. The zero-order chi connectivity index (χ0) is 14.4. The predicted octanol–water partition coefficient (Wildman–Crippen LogP) is 0.345. The molecule has 4 N–H and O–H groups in total. The summed E-state index contributed by atoms with van der Waals surface area (Å²) < 4.78 is 28.8. The minimum atomic E-state index is -0.737. The Labute approximate surface area is 110 Å². The molecule has 1 rings (SSSR count). The van der Waals surface area contributed by atoms with Crippen molar-refractivity contribution in [2.45, 2.75) is 6.04 Å². The first-order valence-electron chi connectivity index (χ1n) is 5.52. The number of amides is 1. The van der Waals surface area contributed by atoms with Crippen molar-refractivity contribution in [3.63, 3.8) is 0 Å². The fourth-order valence-electron chi connectivity index (χ4n) is 1.53. The molecule has 0 bridgehead atoms. The van der Waals surface area contributed by atoms with Crippen molar-refractivity contribution in [1.82, 2.24) is 0 Å². The average Bonchev–Trinajstić information content (AvgIpc) is 2.37. The van der Waals surface area contributed by atoms with E-state index in [9.17, 15) is 9.18 Å². The Morgan fingerprint density at radius 3 is 2.42 bits per heavy atom. The van der Waals surface area contributed by atoms with E-state index in [1.165, 1.54) is 26.4 Å². The third-order valence-electron chi connectivity index (χ3n) is 2.44. The maximum absolute atomic E-state index is 13.8. The Kier molecular flexibility index (Phi) is 5.53. The molecule has 7 heteroatoms. The molecule has 0 fully saturated rings. The van der Waals surface area contributed by atoms with Crippen LogP contribution in [0.3, 0.4) is 0 Å². The largest absolute Gasteiger partial charge is 0.493 e. The minimum absolute atomic E-state index is 0.0324. The van der Waals surface area contributed by atoms with E-state index in [4.69, 9.17) is 25.7 Å². The Morgan fingerprint density at radius 2 is 1.89 bits per heavy atom. The molecule has 0 aromatic heterocycles. The molecular formula is C12H17FN2O4. The molecule has 1 atom stereocenters. The number of hydrogen-bond donors (Lipinski definition) is 2. The second-order valence-corrected chi connectivity index (χ2v) is 3.82.